The minimum atomic E-state index is -0.721. The molecular formula is C36H42N10O3. The van der Waals surface area contributed by atoms with Crippen molar-refractivity contribution in [3.8, 4) is 0 Å². The molecule has 13 nitrogen and oxygen atoms in total. The summed E-state index contributed by atoms with van der Waals surface area (Å²) in [5.74, 6) is -0.756. The predicted molar refractivity (Wildman–Crippen MR) is 187 cm³/mol. The summed E-state index contributed by atoms with van der Waals surface area (Å²) < 4.78 is 11.1. The zero-order chi connectivity index (χ0) is 35.0. The molecule has 0 fully saturated rings. The highest BCUT2D eigenvalue weighted by molar-refractivity contribution is 5.94. The third-order valence-corrected chi connectivity index (χ3v) is 8.73. The summed E-state index contributed by atoms with van der Waals surface area (Å²) in [5, 5.41) is 19.5. The number of allylic oxidation sites excluding steroid dienone is 2. The van der Waals surface area contributed by atoms with Crippen molar-refractivity contribution in [1.82, 2.24) is 37.8 Å². The van der Waals surface area contributed by atoms with Crippen LogP contribution in [0.15, 0.2) is 76.7 Å². The normalized spacial score (nSPS) is 13.5. The first kappa shape index (κ1) is 33.3. The summed E-state index contributed by atoms with van der Waals surface area (Å²) in [6.45, 7) is 11.3. The van der Waals surface area contributed by atoms with E-state index in [1.54, 1.807) is 28.4 Å². The van der Waals surface area contributed by atoms with Crippen molar-refractivity contribution in [3.63, 3.8) is 0 Å². The van der Waals surface area contributed by atoms with Crippen LogP contribution in [-0.4, -0.2) is 54.8 Å². The molecule has 6 aromatic rings. The molecule has 0 saturated heterocycles. The van der Waals surface area contributed by atoms with Gasteiger partial charge in [-0.3, -0.25) is 19.0 Å². The molecule has 0 aliphatic rings. The highest BCUT2D eigenvalue weighted by Crippen LogP contribution is 2.23. The van der Waals surface area contributed by atoms with Gasteiger partial charge in [-0.2, -0.15) is 20.2 Å². The van der Waals surface area contributed by atoms with Gasteiger partial charge in [0.25, 0.3) is 11.8 Å². The fourth-order valence-electron chi connectivity index (χ4n) is 6.43. The van der Waals surface area contributed by atoms with E-state index in [0.29, 0.717) is 48.8 Å². The topological polar surface area (TPSA) is 134 Å². The average molecular weight is 663 g/mol. The van der Waals surface area contributed by atoms with E-state index >= 15 is 0 Å². The maximum absolute atomic E-state index is 13.5. The first-order chi connectivity index (χ1) is 23.5. The van der Waals surface area contributed by atoms with Gasteiger partial charge in [-0.1, -0.05) is 36.4 Å². The summed E-state index contributed by atoms with van der Waals surface area (Å²) >= 11 is 0. The number of benzene rings is 2. The van der Waals surface area contributed by atoms with Crippen LogP contribution in [0.5, 0.6) is 0 Å². The van der Waals surface area contributed by atoms with Crippen molar-refractivity contribution < 1.29 is 14.7 Å². The largest absolute Gasteiger partial charge is 0.389 e. The van der Waals surface area contributed by atoms with Gasteiger partial charge >= 0.3 is 0 Å². The number of fused-ring (bicyclic) bond motifs is 2. The number of aliphatic hydroxyl groups is 1. The van der Waals surface area contributed by atoms with Gasteiger partial charge in [0.05, 0.1) is 39.6 Å². The maximum atomic E-state index is 13.5. The molecule has 13 heteroatoms. The number of amides is 2. The highest BCUT2D eigenvalue weighted by atomic mass is 16.3. The van der Waals surface area contributed by atoms with Crippen LogP contribution < -0.4 is 11.2 Å². The third-order valence-electron chi connectivity index (χ3n) is 8.73. The van der Waals surface area contributed by atoms with E-state index in [1.165, 1.54) is 0 Å². The van der Waals surface area contributed by atoms with Gasteiger partial charge in [0.15, 0.2) is 0 Å². The quantitative estimate of drug-likeness (QED) is 0.233. The Hall–Kier alpha value is -5.56. The van der Waals surface area contributed by atoms with Crippen molar-refractivity contribution in [2.75, 3.05) is 0 Å². The van der Waals surface area contributed by atoms with Crippen LogP contribution in [0.3, 0.4) is 0 Å². The molecule has 0 spiro atoms. The van der Waals surface area contributed by atoms with E-state index in [-0.39, 0.29) is 5.91 Å². The number of nitrogens with zero attached hydrogens (tertiary/aromatic N) is 10. The molecule has 1 N–H and O–H groups in total. The lowest BCUT2D eigenvalue weighted by Crippen LogP contribution is -2.27. The number of para-hydroxylation sites is 3. The Morgan fingerprint density at radius 3 is 1.78 bits per heavy atom. The lowest BCUT2D eigenvalue weighted by Gasteiger charge is -2.08. The molecule has 6 rings (SSSR count). The molecule has 0 saturated carbocycles. The lowest BCUT2D eigenvalue weighted by atomic mass is 10.1. The zero-order valence-electron chi connectivity index (χ0n) is 29.0. The Balaban J connectivity index is 1.41. The molecule has 0 aliphatic carbocycles. The summed E-state index contributed by atoms with van der Waals surface area (Å²) in [5.41, 5.74) is 7.57. The van der Waals surface area contributed by atoms with Gasteiger partial charge in [-0.05, 0) is 65.0 Å². The Morgan fingerprint density at radius 1 is 0.755 bits per heavy atom. The molecule has 2 amide bonds. The summed E-state index contributed by atoms with van der Waals surface area (Å²) in [6, 6.07) is 17.2. The van der Waals surface area contributed by atoms with E-state index in [0.717, 1.165) is 39.0 Å². The van der Waals surface area contributed by atoms with Gasteiger partial charge < -0.3 is 23.4 Å². The Kier molecular flexibility index (Phi) is 9.20. The fraction of sp³-hybridized carbons (Fsp3) is 0.333. The molecule has 0 bridgehead atoms. The van der Waals surface area contributed by atoms with Crippen molar-refractivity contribution in [2.24, 2.45) is 24.1 Å². The minimum Gasteiger partial charge on any atom is -0.389 e. The number of carbonyl (C=O) groups excluding carboxylic acids is 2. The smallest absolute Gasteiger partial charge is 0.298 e. The number of hydrogen-bond donors (Lipinski definition) is 1. The van der Waals surface area contributed by atoms with Crippen LogP contribution in [0.1, 0.15) is 64.8 Å². The van der Waals surface area contributed by atoms with E-state index in [1.807, 2.05) is 115 Å². The van der Waals surface area contributed by atoms with Crippen LogP contribution in [-0.2, 0) is 40.3 Å². The Morgan fingerprint density at radius 2 is 1.24 bits per heavy atom. The lowest BCUT2D eigenvalue weighted by molar-refractivity contribution is 0.0977. The van der Waals surface area contributed by atoms with Crippen LogP contribution in [0.2, 0.25) is 0 Å². The van der Waals surface area contributed by atoms with Crippen molar-refractivity contribution >= 4 is 33.9 Å². The molecule has 4 aromatic heterocycles. The van der Waals surface area contributed by atoms with Crippen LogP contribution in [0.4, 0.5) is 0 Å². The summed E-state index contributed by atoms with van der Waals surface area (Å²) in [7, 11) is 3.76. The summed E-state index contributed by atoms with van der Waals surface area (Å²) in [6.07, 6.45) is 3.30. The number of aryl methyl sites for hydroxylation is 6. The second-order valence-electron chi connectivity index (χ2n) is 12.1. The number of aliphatic hydroxyl groups excluding tert-OH is 1. The molecule has 1 unspecified atom stereocenters. The monoisotopic (exact) mass is 662 g/mol. The van der Waals surface area contributed by atoms with Crippen molar-refractivity contribution in [3.05, 3.63) is 106 Å². The second kappa shape index (κ2) is 13.5. The molecule has 2 aromatic carbocycles. The van der Waals surface area contributed by atoms with Gasteiger partial charge in [0.1, 0.15) is 11.4 Å². The highest BCUT2D eigenvalue weighted by Gasteiger charge is 2.19. The standard InChI is InChI=1S/C36H42N10O3/c1-8-45-30(21-23(3)39-45)33(48)37-35-41(6)27-16-10-11-17-28(27)43(35)19-12-13-20-44-29-18-14-15-26(25(5)47)32(29)42(7)36(44)38-34(49)31-22-24(4)40-46(31)9-2/h10-18,21-22,25,47H,8-9,19-20H2,1-7H3/b13-12+,37-35?,38-36?. The van der Waals surface area contributed by atoms with Crippen LogP contribution in [0.25, 0.3) is 22.1 Å². The number of carbonyl (C=O) groups is 2. The van der Waals surface area contributed by atoms with Gasteiger partial charge in [-0.25, -0.2) is 0 Å². The first-order valence-corrected chi connectivity index (χ1v) is 16.5. The number of imidazole rings is 2. The van der Waals surface area contributed by atoms with E-state index in [4.69, 9.17) is 0 Å². The third kappa shape index (κ3) is 6.13. The molecular weight excluding hydrogens is 620 g/mol. The zero-order valence-corrected chi connectivity index (χ0v) is 29.0. The van der Waals surface area contributed by atoms with Gasteiger partial charge in [0.2, 0.25) is 11.2 Å². The molecule has 4 heterocycles. The second-order valence-corrected chi connectivity index (χ2v) is 12.1. The average Bonchev–Trinajstić information content (AvgIpc) is 3.81. The van der Waals surface area contributed by atoms with Gasteiger partial charge in [-0.15, -0.1) is 0 Å². The first-order valence-electron chi connectivity index (χ1n) is 16.5. The molecule has 1 atom stereocenters. The number of hydrogen-bond acceptors (Lipinski definition) is 5. The minimum absolute atomic E-state index is 0.359. The molecule has 0 aliphatic heterocycles. The number of aromatic nitrogens is 8. The fourth-order valence-corrected chi connectivity index (χ4v) is 6.43. The van der Waals surface area contributed by atoms with Crippen LogP contribution in [0, 0.1) is 13.8 Å². The molecule has 0 radical (unpaired) electrons. The number of rotatable bonds is 9. The summed E-state index contributed by atoms with van der Waals surface area (Å²) in [4.78, 5) is 36.2. The van der Waals surface area contributed by atoms with Gasteiger partial charge in [0, 0.05) is 45.8 Å². The molecule has 254 valence electrons. The maximum Gasteiger partial charge on any atom is 0.298 e. The van der Waals surface area contributed by atoms with E-state index < -0.39 is 12.0 Å². The predicted octanol–water partition coefficient (Wildman–Crippen LogP) is 4.11. The van der Waals surface area contributed by atoms with E-state index in [9.17, 15) is 14.7 Å². The Labute approximate surface area is 283 Å². The Bertz CT molecular complexity index is 2390. The molecule has 49 heavy (non-hydrogen) atoms. The SMILES string of the molecule is CCn1nc(C)cc1C(=O)N=c1n(C)c2ccccc2n1C/C=C/Cn1c(=NC(=O)c2cc(C)nn2CC)n(C)c2c(C(C)O)cccc21. The van der Waals surface area contributed by atoms with E-state index in [2.05, 4.69) is 20.2 Å². The van der Waals surface area contributed by atoms with Crippen molar-refractivity contribution in [2.45, 2.75) is 66.9 Å². The van der Waals surface area contributed by atoms with Crippen molar-refractivity contribution in [1.29, 1.82) is 0 Å². The van der Waals surface area contributed by atoms with Crippen LogP contribution >= 0.6 is 0 Å².